The molecule has 0 spiro atoms. The van der Waals surface area contributed by atoms with Gasteiger partial charge in [0.05, 0.1) is 5.69 Å². The fraction of sp³-hybridized carbons (Fsp3) is 0.444. The first-order chi connectivity index (χ1) is 6.78. The van der Waals surface area contributed by atoms with E-state index in [-0.39, 0.29) is 5.88 Å². The Kier molecular flexibility index (Phi) is 3.37. The van der Waals surface area contributed by atoms with E-state index in [0.29, 0.717) is 5.56 Å². The van der Waals surface area contributed by atoms with Gasteiger partial charge in [0.2, 0.25) is 0 Å². The molecule has 2 N–H and O–H groups in total. The Morgan fingerprint density at radius 1 is 1.36 bits per heavy atom. The number of hydrogen-bond donors (Lipinski definition) is 1. The molecule has 0 fully saturated rings. The maximum atomic E-state index is 8.93. The molecule has 1 heterocycles. The highest BCUT2D eigenvalue weighted by atomic mass is 16.6. The molecule has 0 atom stereocenters. The first-order valence-electron chi connectivity index (χ1n) is 4.43. The minimum atomic E-state index is 0.0987. The van der Waals surface area contributed by atoms with Crippen molar-refractivity contribution in [3.05, 3.63) is 16.8 Å². The molecule has 74 valence electrons. The van der Waals surface area contributed by atoms with E-state index in [2.05, 4.69) is 15.0 Å². The predicted molar refractivity (Wildman–Crippen MR) is 50.3 cm³/mol. The van der Waals surface area contributed by atoms with Crippen LogP contribution in [0.1, 0.15) is 30.7 Å². The SMILES string of the molecule is CCc1nnc(ON)c(C#N)c1CC. The second-order valence-corrected chi connectivity index (χ2v) is 2.74. The van der Waals surface area contributed by atoms with Crippen LogP contribution in [0.2, 0.25) is 0 Å². The van der Waals surface area contributed by atoms with Gasteiger partial charge in [0, 0.05) is 0 Å². The van der Waals surface area contributed by atoms with Gasteiger partial charge in [-0.05, 0) is 18.4 Å². The summed E-state index contributed by atoms with van der Waals surface area (Å²) in [5.74, 6) is 5.09. The van der Waals surface area contributed by atoms with E-state index in [9.17, 15) is 0 Å². The van der Waals surface area contributed by atoms with Crippen LogP contribution in [0.15, 0.2) is 0 Å². The van der Waals surface area contributed by atoms with Crippen LogP contribution < -0.4 is 10.7 Å². The van der Waals surface area contributed by atoms with E-state index in [0.717, 1.165) is 24.1 Å². The third-order valence-electron chi connectivity index (χ3n) is 2.04. The summed E-state index contributed by atoms with van der Waals surface area (Å²) in [6.45, 7) is 3.92. The summed E-state index contributed by atoms with van der Waals surface area (Å²) in [7, 11) is 0. The number of nitriles is 1. The third-order valence-corrected chi connectivity index (χ3v) is 2.04. The number of hydrogen-bond acceptors (Lipinski definition) is 5. The van der Waals surface area contributed by atoms with Gasteiger partial charge in [-0.15, -0.1) is 5.10 Å². The van der Waals surface area contributed by atoms with Crippen LogP contribution in [0.3, 0.4) is 0 Å². The maximum Gasteiger partial charge on any atom is 0.274 e. The van der Waals surface area contributed by atoms with Crippen molar-refractivity contribution in [3.63, 3.8) is 0 Å². The smallest absolute Gasteiger partial charge is 0.274 e. The van der Waals surface area contributed by atoms with Crippen LogP contribution in [-0.4, -0.2) is 10.2 Å². The molecule has 0 aliphatic carbocycles. The lowest BCUT2D eigenvalue weighted by Gasteiger charge is -2.07. The predicted octanol–water partition coefficient (Wildman–Crippen LogP) is 0.726. The Balaban J connectivity index is 3.38. The first kappa shape index (κ1) is 10.4. The van der Waals surface area contributed by atoms with Gasteiger partial charge >= 0.3 is 0 Å². The van der Waals surface area contributed by atoms with Gasteiger partial charge in [0.25, 0.3) is 5.88 Å². The van der Waals surface area contributed by atoms with Crippen molar-refractivity contribution in [2.24, 2.45) is 5.90 Å². The van der Waals surface area contributed by atoms with Gasteiger partial charge < -0.3 is 4.84 Å². The minimum absolute atomic E-state index is 0.0987. The molecule has 0 aromatic carbocycles. The molecule has 5 nitrogen and oxygen atoms in total. The van der Waals surface area contributed by atoms with Gasteiger partial charge in [-0.2, -0.15) is 16.3 Å². The van der Waals surface area contributed by atoms with Crippen LogP contribution in [0.5, 0.6) is 5.88 Å². The molecule has 0 radical (unpaired) electrons. The van der Waals surface area contributed by atoms with Crippen molar-refractivity contribution in [2.45, 2.75) is 26.7 Å². The lowest BCUT2D eigenvalue weighted by Crippen LogP contribution is -2.10. The van der Waals surface area contributed by atoms with Crippen molar-refractivity contribution in [3.8, 4) is 11.9 Å². The van der Waals surface area contributed by atoms with Gasteiger partial charge in [0.15, 0.2) is 0 Å². The van der Waals surface area contributed by atoms with Crippen molar-refractivity contribution in [1.82, 2.24) is 10.2 Å². The molecule has 0 aliphatic rings. The highest BCUT2D eigenvalue weighted by Gasteiger charge is 2.14. The molecule has 0 saturated carbocycles. The highest BCUT2D eigenvalue weighted by Crippen LogP contribution is 2.20. The van der Waals surface area contributed by atoms with Crippen molar-refractivity contribution in [1.29, 1.82) is 5.26 Å². The number of nitrogens with two attached hydrogens (primary N) is 1. The summed E-state index contributed by atoms with van der Waals surface area (Å²) in [5.41, 5.74) is 2.08. The van der Waals surface area contributed by atoms with E-state index in [4.69, 9.17) is 11.2 Å². The lowest BCUT2D eigenvalue weighted by molar-refractivity contribution is 0.314. The normalized spacial score (nSPS) is 9.57. The molecule has 0 amide bonds. The zero-order valence-electron chi connectivity index (χ0n) is 8.24. The van der Waals surface area contributed by atoms with Crippen LogP contribution >= 0.6 is 0 Å². The summed E-state index contributed by atoms with van der Waals surface area (Å²) in [6, 6.07) is 2.03. The number of aryl methyl sites for hydroxylation is 1. The Bertz CT molecular complexity index is 370. The largest absolute Gasteiger partial charge is 0.388 e. The zero-order chi connectivity index (χ0) is 10.6. The van der Waals surface area contributed by atoms with Crippen molar-refractivity contribution < 1.29 is 4.84 Å². The molecule has 1 rings (SSSR count). The van der Waals surface area contributed by atoms with E-state index in [1.165, 1.54) is 0 Å². The number of nitrogens with zero attached hydrogens (tertiary/aromatic N) is 3. The van der Waals surface area contributed by atoms with Crippen LogP contribution in [0, 0.1) is 11.3 Å². The van der Waals surface area contributed by atoms with E-state index >= 15 is 0 Å². The summed E-state index contributed by atoms with van der Waals surface area (Å²) in [4.78, 5) is 4.48. The zero-order valence-corrected chi connectivity index (χ0v) is 8.24. The third kappa shape index (κ3) is 1.65. The fourth-order valence-corrected chi connectivity index (χ4v) is 1.35. The quantitative estimate of drug-likeness (QED) is 0.713. The molecular weight excluding hydrogens is 180 g/mol. The van der Waals surface area contributed by atoms with Gasteiger partial charge in [-0.1, -0.05) is 13.8 Å². The Morgan fingerprint density at radius 3 is 2.50 bits per heavy atom. The minimum Gasteiger partial charge on any atom is -0.388 e. The second kappa shape index (κ2) is 4.53. The fourth-order valence-electron chi connectivity index (χ4n) is 1.35. The highest BCUT2D eigenvalue weighted by molar-refractivity contribution is 5.45. The first-order valence-corrected chi connectivity index (χ1v) is 4.43. The van der Waals surface area contributed by atoms with E-state index in [1.54, 1.807) is 0 Å². The van der Waals surface area contributed by atoms with Crippen molar-refractivity contribution in [2.75, 3.05) is 0 Å². The maximum absolute atomic E-state index is 8.93. The monoisotopic (exact) mass is 192 g/mol. The summed E-state index contributed by atoms with van der Waals surface area (Å²) < 4.78 is 0. The molecule has 1 aromatic rings. The Hall–Kier alpha value is -1.67. The summed E-state index contributed by atoms with van der Waals surface area (Å²) >= 11 is 0. The lowest BCUT2D eigenvalue weighted by atomic mass is 10.0. The second-order valence-electron chi connectivity index (χ2n) is 2.74. The Morgan fingerprint density at radius 2 is 2.07 bits per heavy atom. The molecule has 0 unspecified atom stereocenters. The topological polar surface area (TPSA) is 84.8 Å². The van der Waals surface area contributed by atoms with Gasteiger partial charge in [0.1, 0.15) is 11.6 Å². The summed E-state index contributed by atoms with van der Waals surface area (Å²) in [6.07, 6.45) is 1.47. The average Bonchev–Trinajstić information content (AvgIpc) is 2.26. The molecule has 14 heavy (non-hydrogen) atoms. The van der Waals surface area contributed by atoms with Gasteiger partial charge in [-0.3, -0.25) is 0 Å². The number of aromatic nitrogens is 2. The molecule has 0 aliphatic heterocycles. The van der Waals surface area contributed by atoms with Crippen LogP contribution in [-0.2, 0) is 12.8 Å². The molecule has 5 heteroatoms. The molecule has 0 saturated heterocycles. The van der Waals surface area contributed by atoms with Gasteiger partial charge in [-0.25, -0.2) is 0 Å². The molecular formula is C9H12N4O. The average molecular weight is 192 g/mol. The summed E-state index contributed by atoms with van der Waals surface area (Å²) in [5, 5.41) is 16.6. The molecule has 0 bridgehead atoms. The molecule has 1 aromatic heterocycles. The Labute approximate surface area is 82.5 Å². The van der Waals surface area contributed by atoms with Crippen molar-refractivity contribution >= 4 is 0 Å². The van der Waals surface area contributed by atoms with E-state index in [1.807, 2.05) is 19.9 Å². The van der Waals surface area contributed by atoms with Crippen LogP contribution in [0.25, 0.3) is 0 Å². The number of rotatable bonds is 3. The van der Waals surface area contributed by atoms with Crippen LogP contribution in [0.4, 0.5) is 0 Å². The van der Waals surface area contributed by atoms with E-state index < -0.39 is 0 Å². The standard InChI is InChI=1S/C9H12N4O/c1-3-6-7(5-10)9(14-11)13-12-8(6)4-2/h3-4,11H2,1-2H3.